The lowest BCUT2D eigenvalue weighted by molar-refractivity contribution is 0.128. The SMILES string of the molecule is CC(c1ccc(Br)cc1)N1CCC1. The molecule has 1 aromatic rings. The molecule has 0 saturated carbocycles. The van der Waals surface area contributed by atoms with Crippen molar-refractivity contribution < 1.29 is 0 Å². The molecule has 1 atom stereocenters. The molecule has 0 aromatic heterocycles. The van der Waals surface area contributed by atoms with Gasteiger partial charge in [0.05, 0.1) is 0 Å². The molecule has 0 bridgehead atoms. The Kier molecular flexibility index (Phi) is 2.70. The van der Waals surface area contributed by atoms with Gasteiger partial charge in [-0.05, 0) is 44.1 Å². The Morgan fingerprint density at radius 3 is 2.31 bits per heavy atom. The van der Waals surface area contributed by atoms with Crippen molar-refractivity contribution in [3.63, 3.8) is 0 Å². The van der Waals surface area contributed by atoms with Gasteiger partial charge in [0, 0.05) is 10.5 Å². The van der Waals surface area contributed by atoms with Crippen LogP contribution in [0, 0.1) is 0 Å². The summed E-state index contributed by atoms with van der Waals surface area (Å²) in [6.07, 6.45) is 1.36. The van der Waals surface area contributed by atoms with Crippen LogP contribution in [-0.2, 0) is 0 Å². The van der Waals surface area contributed by atoms with Crippen LogP contribution in [-0.4, -0.2) is 18.0 Å². The zero-order valence-electron chi connectivity index (χ0n) is 7.83. The third kappa shape index (κ3) is 1.94. The van der Waals surface area contributed by atoms with Crippen LogP contribution in [0.3, 0.4) is 0 Å². The Morgan fingerprint density at radius 2 is 1.85 bits per heavy atom. The molecule has 1 heterocycles. The normalized spacial score (nSPS) is 19.5. The maximum absolute atomic E-state index is 3.45. The molecule has 1 nitrogen and oxygen atoms in total. The molecule has 70 valence electrons. The maximum atomic E-state index is 3.45. The lowest BCUT2D eigenvalue weighted by Crippen LogP contribution is -2.38. The van der Waals surface area contributed by atoms with Crippen molar-refractivity contribution in [2.45, 2.75) is 19.4 Å². The summed E-state index contributed by atoms with van der Waals surface area (Å²) in [6.45, 7) is 4.80. The second kappa shape index (κ2) is 3.81. The van der Waals surface area contributed by atoms with Gasteiger partial charge in [-0.1, -0.05) is 28.1 Å². The summed E-state index contributed by atoms with van der Waals surface area (Å²) in [5.74, 6) is 0. The van der Waals surface area contributed by atoms with Crippen molar-refractivity contribution in [1.82, 2.24) is 4.90 Å². The minimum atomic E-state index is 0.585. The van der Waals surface area contributed by atoms with E-state index in [0.29, 0.717) is 6.04 Å². The Labute approximate surface area is 87.9 Å². The van der Waals surface area contributed by atoms with Crippen molar-refractivity contribution in [1.29, 1.82) is 0 Å². The summed E-state index contributed by atoms with van der Waals surface area (Å²) < 4.78 is 1.16. The number of halogens is 1. The molecule has 0 aliphatic carbocycles. The molecule has 0 spiro atoms. The smallest absolute Gasteiger partial charge is 0.0319 e. The molecule has 0 N–H and O–H groups in total. The predicted octanol–water partition coefficient (Wildman–Crippen LogP) is 3.22. The van der Waals surface area contributed by atoms with Gasteiger partial charge in [0.25, 0.3) is 0 Å². The standard InChI is InChI=1S/C11H14BrN/c1-9(13-7-2-8-13)10-3-5-11(12)6-4-10/h3-6,9H,2,7-8H2,1H3. The number of rotatable bonds is 2. The number of benzene rings is 1. The lowest BCUT2D eigenvalue weighted by atomic mass is 10.0. The van der Waals surface area contributed by atoms with E-state index in [2.05, 4.69) is 52.0 Å². The molecule has 0 radical (unpaired) electrons. The van der Waals surface area contributed by atoms with Gasteiger partial charge in [-0.15, -0.1) is 0 Å². The number of likely N-dealkylation sites (tertiary alicyclic amines) is 1. The van der Waals surface area contributed by atoms with Crippen LogP contribution in [0.5, 0.6) is 0 Å². The molecule has 2 heteroatoms. The third-order valence-electron chi connectivity index (χ3n) is 2.79. The molecular formula is C11H14BrN. The predicted molar refractivity (Wildman–Crippen MR) is 58.7 cm³/mol. The second-order valence-corrected chi connectivity index (χ2v) is 4.53. The van der Waals surface area contributed by atoms with Crippen LogP contribution in [0.2, 0.25) is 0 Å². The zero-order chi connectivity index (χ0) is 9.26. The van der Waals surface area contributed by atoms with E-state index < -0.39 is 0 Å². The van der Waals surface area contributed by atoms with Gasteiger partial charge >= 0.3 is 0 Å². The molecule has 1 fully saturated rings. The van der Waals surface area contributed by atoms with Crippen LogP contribution in [0.25, 0.3) is 0 Å². The average molecular weight is 240 g/mol. The van der Waals surface area contributed by atoms with Crippen molar-refractivity contribution >= 4 is 15.9 Å². The first kappa shape index (κ1) is 9.22. The highest BCUT2D eigenvalue weighted by atomic mass is 79.9. The fourth-order valence-corrected chi connectivity index (χ4v) is 1.94. The molecule has 13 heavy (non-hydrogen) atoms. The lowest BCUT2D eigenvalue weighted by Gasteiger charge is -2.36. The van der Waals surface area contributed by atoms with Gasteiger partial charge in [-0.25, -0.2) is 0 Å². The fourth-order valence-electron chi connectivity index (χ4n) is 1.68. The van der Waals surface area contributed by atoms with Gasteiger partial charge in [-0.2, -0.15) is 0 Å². The highest BCUT2D eigenvalue weighted by molar-refractivity contribution is 9.10. The molecule has 1 aromatic carbocycles. The Balaban J connectivity index is 2.10. The van der Waals surface area contributed by atoms with Crippen molar-refractivity contribution in [2.24, 2.45) is 0 Å². The monoisotopic (exact) mass is 239 g/mol. The number of nitrogens with zero attached hydrogens (tertiary/aromatic N) is 1. The molecule has 1 saturated heterocycles. The van der Waals surface area contributed by atoms with Gasteiger partial charge in [0.2, 0.25) is 0 Å². The number of hydrogen-bond donors (Lipinski definition) is 0. The molecule has 1 unspecified atom stereocenters. The topological polar surface area (TPSA) is 3.24 Å². The van der Waals surface area contributed by atoms with Crippen LogP contribution in [0.15, 0.2) is 28.7 Å². The average Bonchev–Trinajstić information content (AvgIpc) is 2.02. The highest BCUT2D eigenvalue weighted by Crippen LogP contribution is 2.25. The molecule has 1 aliphatic rings. The molecule has 2 rings (SSSR count). The summed E-state index contributed by atoms with van der Waals surface area (Å²) in [5, 5.41) is 0. The summed E-state index contributed by atoms with van der Waals surface area (Å²) in [7, 11) is 0. The van der Waals surface area contributed by atoms with E-state index in [1.165, 1.54) is 25.1 Å². The first-order valence-electron chi connectivity index (χ1n) is 4.77. The van der Waals surface area contributed by atoms with Crippen LogP contribution in [0.1, 0.15) is 24.9 Å². The quantitative estimate of drug-likeness (QED) is 0.767. The van der Waals surface area contributed by atoms with Crippen molar-refractivity contribution in [2.75, 3.05) is 13.1 Å². The van der Waals surface area contributed by atoms with Crippen molar-refractivity contribution in [3.05, 3.63) is 34.3 Å². The molecule has 0 amide bonds. The van der Waals surface area contributed by atoms with E-state index in [1.807, 2.05) is 0 Å². The fraction of sp³-hybridized carbons (Fsp3) is 0.455. The van der Waals surface area contributed by atoms with Crippen LogP contribution in [0.4, 0.5) is 0 Å². The van der Waals surface area contributed by atoms with E-state index in [-0.39, 0.29) is 0 Å². The summed E-state index contributed by atoms with van der Waals surface area (Å²) in [4.78, 5) is 2.50. The third-order valence-corrected chi connectivity index (χ3v) is 3.32. The van der Waals surface area contributed by atoms with E-state index >= 15 is 0 Å². The van der Waals surface area contributed by atoms with Gasteiger partial charge in [0.1, 0.15) is 0 Å². The minimum Gasteiger partial charge on any atom is -0.297 e. The first-order chi connectivity index (χ1) is 6.27. The van der Waals surface area contributed by atoms with E-state index in [0.717, 1.165) is 4.47 Å². The molecule has 1 aliphatic heterocycles. The zero-order valence-corrected chi connectivity index (χ0v) is 9.42. The van der Waals surface area contributed by atoms with E-state index in [9.17, 15) is 0 Å². The summed E-state index contributed by atoms with van der Waals surface area (Å²) in [5.41, 5.74) is 1.42. The highest BCUT2D eigenvalue weighted by Gasteiger charge is 2.20. The van der Waals surface area contributed by atoms with Gasteiger partial charge in [-0.3, -0.25) is 4.90 Å². The van der Waals surface area contributed by atoms with E-state index in [1.54, 1.807) is 0 Å². The molecular weight excluding hydrogens is 226 g/mol. The van der Waals surface area contributed by atoms with Gasteiger partial charge in [0.15, 0.2) is 0 Å². The summed E-state index contributed by atoms with van der Waals surface area (Å²) in [6, 6.07) is 9.22. The van der Waals surface area contributed by atoms with Crippen molar-refractivity contribution in [3.8, 4) is 0 Å². The number of hydrogen-bond acceptors (Lipinski definition) is 1. The van der Waals surface area contributed by atoms with Gasteiger partial charge < -0.3 is 0 Å². The second-order valence-electron chi connectivity index (χ2n) is 3.62. The summed E-state index contributed by atoms with van der Waals surface area (Å²) >= 11 is 3.45. The Bertz CT molecular complexity index is 277. The Morgan fingerprint density at radius 1 is 1.23 bits per heavy atom. The van der Waals surface area contributed by atoms with Crippen LogP contribution < -0.4 is 0 Å². The largest absolute Gasteiger partial charge is 0.297 e. The Hall–Kier alpha value is -0.340. The maximum Gasteiger partial charge on any atom is 0.0319 e. The van der Waals surface area contributed by atoms with Crippen LogP contribution >= 0.6 is 15.9 Å². The first-order valence-corrected chi connectivity index (χ1v) is 5.56. The van der Waals surface area contributed by atoms with E-state index in [4.69, 9.17) is 0 Å². The minimum absolute atomic E-state index is 0.585.